The highest BCUT2D eigenvalue weighted by Crippen LogP contribution is 2.44. The van der Waals surface area contributed by atoms with Gasteiger partial charge in [0.15, 0.2) is 5.78 Å². The van der Waals surface area contributed by atoms with E-state index in [0.717, 1.165) is 4.47 Å². The fourth-order valence-corrected chi connectivity index (χ4v) is 3.48. The summed E-state index contributed by atoms with van der Waals surface area (Å²) in [5.74, 6) is -0.536. The lowest BCUT2D eigenvalue weighted by Crippen LogP contribution is -2.48. The fourth-order valence-electron chi connectivity index (χ4n) is 3.22. The molecule has 0 saturated carbocycles. The minimum Gasteiger partial charge on any atom is -0.377 e. The van der Waals surface area contributed by atoms with Crippen molar-refractivity contribution in [2.45, 2.75) is 24.1 Å². The molecule has 130 valence electrons. The SMILES string of the molecule is O=C1C=C[C@@H](Nc2ccc(Br)cc2)[C@@]1(CC(F)(F)F)c1ccccc1. The lowest BCUT2D eigenvalue weighted by atomic mass is 9.71. The molecule has 3 rings (SSSR count). The Labute approximate surface area is 151 Å². The van der Waals surface area contributed by atoms with E-state index >= 15 is 0 Å². The van der Waals surface area contributed by atoms with Crippen LogP contribution in [0.25, 0.3) is 0 Å². The maximum atomic E-state index is 13.4. The zero-order valence-corrected chi connectivity index (χ0v) is 14.6. The van der Waals surface area contributed by atoms with Gasteiger partial charge in [-0.1, -0.05) is 52.3 Å². The molecular weight excluding hydrogens is 395 g/mol. The third-order valence-corrected chi connectivity index (χ3v) is 4.87. The highest BCUT2D eigenvalue weighted by Gasteiger charge is 2.54. The highest BCUT2D eigenvalue weighted by atomic mass is 79.9. The number of hydrogen-bond acceptors (Lipinski definition) is 2. The number of hydrogen-bond donors (Lipinski definition) is 1. The minimum absolute atomic E-state index is 0.358. The molecule has 0 amide bonds. The molecule has 0 fully saturated rings. The molecule has 2 aromatic rings. The molecule has 0 unspecified atom stereocenters. The van der Waals surface area contributed by atoms with Crippen molar-refractivity contribution >= 4 is 27.4 Å². The van der Waals surface area contributed by atoms with Gasteiger partial charge in [-0.15, -0.1) is 0 Å². The molecule has 0 radical (unpaired) electrons. The van der Waals surface area contributed by atoms with Crippen LogP contribution in [0.3, 0.4) is 0 Å². The Balaban J connectivity index is 2.04. The molecule has 25 heavy (non-hydrogen) atoms. The Morgan fingerprint density at radius 2 is 1.68 bits per heavy atom. The predicted octanol–water partition coefficient (Wildman–Crippen LogP) is 5.26. The van der Waals surface area contributed by atoms with Gasteiger partial charge in [-0.2, -0.15) is 13.2 Å². The van der Waals surface area contributed by atoms with Crippen molar-refractivity contribution in [3.05, 3.63) is 76.8 Å². The number of allylic oxidation sites excluding steroid dienone is 1. The molecular formula is C19H15BrF3NO. The smallest absolute Gasteiger partial charge is 0.377 e. The first kappa shape index (κ1) is 17.7. The van der Waals surface area contributed by atoms with Crippen molar-refractivity contribution < 1.29 is 18.0 Å². The van der Waals surface area contributed by atoms with Crippen LogP contribution in [0.15, 0.2) is 71.2 Å². The van der Waals surface area contributed by atoms with Crippen LogP contribution >= 0.6 is 15.9 Å². The number of rotatable bonds is 4. The number of ketones is 1. The van der Waals surface area contributed by atoms with Crippen LogP contribution in [-0.4, -0.2) is 18.0 Å². The monoisotopic (exact) mass is 409 g/mol. The average molecular weight is 410 g/mol. The Kier molecular flexibility index (Phi) is 4.73. The zero-order chi connectivity index (χ0) is 18.1. The van der Waals surface area contributed by atoms with Crippen LogP contribution in [-0.2, 0) is 10.2 Å². The van der Waals surface area contributed by atoms with E-state index in [9.17, 15) is 18.0 Å². The first-order valence-electron chi connectivity index (χ1n) is 7.68. The van der Waals surface area contributed by atoms with Crippen LogP contribution in [0, 0.1) is 0 Å². The van der Waals surface area contributed by atoms with Gasteiger partial charge in [0.2, 0.25) is 0 Å². The largest absolute Gasteiger partial charge is 0.390 e. The number of benzene rings is 2. The van der Waals surface area contributed by atoms with Crippen molar-refractivity contribution in [3.63, 3.8) is 0 Å². The normalized spacial score (nSPS) is 23.0. The molecule has 0 saturated heterocycles. The number of anilines is 1. The van der Waals surface area contributed by atoms with Gasteiger partial charge in [0.25, 0.3) is 0 Å². The summed E-state index contributed by atoms with van der Waals surface area (Å²) in [5.41, 5.74) is -0.695. The number of alkyl halides is 3. The second-order valence-corrected chi connectivity index (χ2v) is 6.90. The van der Waals surface area contributed by atoms with E-state index in [1.165, 1.54) is 12.2 Å². The van der Waals surface area contributed by atoms with Crippen LogP contribution in [0.4, 0.5) is 18.9 Å². The summed E-state index contributed by atoms with van der Waals surface area (Å²) in [7, 11) is 0. The summed E-state index contributed by atoms with van der Waals surface area (Å²) >= 11 is 3.32. The maximum Gasteiger partial charge on any atom is 0.390 e. The maximum absolute atomic E-state index is 13.4. The summed E-state index contributed by atoms with van der Waals surface area (Å²) in [6.07, 6.45) is -2.93. The molecule has 0 aliphatic heterocycles. The van der Waals surface area contributed by atoms with Gasteiger partial charge < -0.3 is 5.32 Å². The lowest BCUT2D eigenvalue weighted by Gasteiger charge is -2.36. The molecule has 0 heterocycles. The summed E-state index contributed by atoms with van der Waals surface area (Å²) < 4.78 is 40.9. The van der Waals surface area contributed by atoms with Gasteiger partial charge in [0.1, 0.15) is 0 Å². The van der Waals surface area contributed by atoms with Crippen LogP contribution in [0.2, 0.25) is 0 Å². The van der Waals surface area contributed by atoms with Crippen LogP contribution in [0.1, 0.15) is 12.0 Å². The van der Waals surface area contributed by atoms with Gasteiger partial charge in [0, 0.05) is 10.2 Å². The molecule has 2 nitrogen and oxygen atoms in total. The summed E-state index contributed by atoms with van der Waals surface area (Å²) in [6, 6.07) is 14.5. The van der Waals surface area contributed by atoms with Gasteiger partial charge in [-0.25, -0.2) is 0 Å². The molecule has 0 spiro atoms. The standard InChI is InChI=1S/C19H15BrF3NO/c20-14-6-8-15(9-7-14)24-16-10-11-17(25)18(16,12-19(21,22)23)13-4-2-1-3-5-13/h1-11,16,24H,12H2/t16-,18-/m1/s1. The van der Waals surface area contributed by atoms with Gasteiger partial charge in [0.05, 0.1) is 17.9 Å². The fraction of sp³-hybridized carbons (Fsp3) is 0.211. The average Bonchev–Trinajstić information content (AvgIpc) is 2.86. The predicted molar refractivity (Wildman–Crippen MR) is 94.5 cm³/mol. The number of nitrogens with one attached hydrogen (secondary N) is 1. The summed E-state index contributed by atoms with van der Waals surface area (Å²) in [5, 5.41) is 3.08. The topological polar surface area (TPSA) is 29.1 Å². The number of halogens is 4. The summed E-state index contributed by atoms with van der Waals surface area (Å²) in [6.45, 7) is 0. The first-order valence-corrected chi connectivity index (χ1v) is 8.47. The second kappa shape index (κ2) is 6.67. The van der Waals surface area contributed by atoms with Crippen LogP contribution < -0.4 is 5.32 Å². The Bertz CT molecular complexity index is 787. The van der Waals surface area contributed by atoms with Gasteiger partial charge in [-0.05, 0) is 35.9 Å². The molecule has 1 N–H and O–H groups in total. The molecule has 1 aliphatic carbocycles. The van der Waals surface area contributed by atoms with Gasteiger partial charge in [-0.3, -0.25) is 4.79 Å². The Morgan fingerprint density at radius 1 is 1.04 bits per heavy atom. The Hall–Kier alpha value is -2.08. The first-order chi connectivity index (χ1) is 11.8. The van der Waals surface area contributed by atoms with Gasteiger partial charge >= 0.3 is 6.18 Å². The quantitative estimate of drug-likeness (QED) is 0.745. The van der Waals surface area contributed by atoms with E-state index in [1.807, 2.05) is 0 Å². The number of carbonyl (C=O) groups excluding carboxylic acids is 1. The van der Waals surface area contributed by atoms with Crippen molar-refractivity contribution in [1.82, 2.24) is 0 Å². The van der Waals surface area contributed by atoms with E-state index in [0.29, 0.717) is 11.3 Å². The second-order valence-electron chi connectivity index (χ2n) is 5.98. The molecule has 2 aromatic carbocycles. The van der Waals surface area contributed by atoms with E-state index < -0.39 is 29.8 Å². The van der Waals surface area contributed by atoms with E-state index in [1.54, 1.807) is 54.6 Å². The summed E-state index contributed by atoms with van der Waals surface area (Å²) in [4.78, 5) is 12.6. The molecule has 6 heteroatoms. The van der Waals surface area contributed by atoms with E-state index in [2.05, 4.69) is 21.2 Å². The van der Waals surface area contributed by atoms with Crippen molar-refractivity contribution in [2.75, 3.05) is 5.32 Å². The molecule has 0 aromatic heterocycles. The van der Waals surface area contributed by atoms with E-state index in [4.69, 9.17) is 0 Å². The van der Waals surface area contributed by atoms with Crippen LogP contribution in [0.5, 0.6) is 0 Å². The molecule has 0 bridgehead atoms. The van der Waals surface area contributed by atoms with Crippen molar-refractivity contribution in [1.29, 1.82) is 0 Å². The molecule has 2 atom stereocenters. The number of carbonyl (C=O) groups is 1. The highest BCUT2D eigenvalue weighted by molar-refractivity contribution is 9.10. The zero-order valence-electron chi connectivity index (χ0n) is 13.1. The van der Waals surface area contributed by atoms with Crippen molar-refractivity contribution in [3.8, 4) is 0 Å². The third kappa shape index (κ3) is 3.63. The van der Waals surface area contributed by atoms with Crippen molar-refractivity contribution in [2.24, 2.45) is 0 Å². The third-order valence-electron chi connectivity index (χ3n) is 4.35. The lowest BCUT2D eigenvalue weighted by molar-refractivity contribution is -0.155. The Morgan fingerprint density at radius 3 is 2.28 bits per heavy atom. The van der Waals surface area contributed by atoms with E-state index in [-0.39, 0.29) is 0 Å². The minimum atomic E-state index is -4.48. The molecule has 1 aliphatic rings.